The van der Waals surface area contributed by atoms with Crippen molar-refractivity contribution in [1.82, 2.24) is 0 Å². The van der Waals surface area contributed by atoms with Crippen LogP contribution in [0.3, 0.4) is 0 Å². The summed E-state index contributed by atoms with van der Waals surface area (Å²) in [5.74, 6) is -2.92. The number of hydrogen-bond donors (Lipinski definition) is 0. The van der Waals surface area contributed by atoms with Crippen molar-refractivity contribution in [2.75, 3.05) is 0 Å². The van der Waals surface area contributed by atoms with Crippen LogP contribution < -0.4 is 0 Å². The van der Waals surface area contributed by atoms with Crippen molar-refractivity contribution in [3.63, 3.8) is 0 Å². The van der Waals surface area contributed by atoms with E-state index in [1.807, 2.05) is 24.3 Å². The summed E-state index contributed by atoms with van der Waals surface area (Å²) in [4.78, 5) is 0. The summed E-state index contributed by atoms with van der Waals surface area (Å²) in [5.41, 5.74) is 2.75. The van der Waals surface area contributed by atoms with E-state index >= 15 is 0 Å². The lowest BCUT2D eigenvalue weighted by Gasteiger charge is -2.08. The molecule has 23 heavy (non-hydrogen) atoms. The molecule has 3 aromatic rings. The highest BCUT2D eigenvalue weighted by Gasteiger charge is 2.13. The molecular weight excluding hydrogens is 297 g/mol. The molecule has 0 saturated heterocycles. The van der Waals surface area contributed by atoms with Crippen molar-refractivity contribution in [2.24, 2.45) is 0 Å². The maximum absolute atomic E-state index is 14.2. The lowest BCUT2D eigenvalue weighted by Crippen LogP contribution is -1.91. The van der Waals surface area contributed by atoms with E-state index in [1.54, 1.807) is 6.07 Å². The standard InChI is InChI=1S/C20H17F3/c1-2-3-4-13-5-7-14(8-6-13)16-11-15-9-10-17(21)20(23)19(15)18(22)12-16/h5-12H,2-4H2,1H3. The van der Waals surface area contributed by atoms with Gasteiger partial charge in [-0.2, -0.15) is 0 Å². The molecule has 0 amide bonds. The summed E-state index contributed by atoms with van der Waals surface area (Å²) < 4.78 is 41.2. The maximum Gasteiger partial charge on any atom is 0.169 e. The van der Waals surface area contributed by atoms with Crippen molar-refractivity contribution >= 4 is 10.8 Å². The molecule has 0 spiro atoms. The Morgan fingerprint density at radius 1 is 0.783 bits per heavy atom. The molecule has 0 aliphatic rings. The van der Waals surface area contributed by atoms with Crippen molar-refractivity contribution < 1.29 is 13.2 Å². The smallest absolute Gasteiger partial charge is 0.169 e. The Kier molecular flexibility index (Phi) is 4.37. The van der Waals surface area contributed by atoms with E-state index in [1.165, 1.54) is 17.7 Å². The van der Waals surface area contributed by atoms with E-state index in [-0.39, 0.29) is 5.39 Å². The number of aryl methyl sites for hydroxylation is 1. The van der Waals surface area contributed by atoms with Gasteiger partial charge in [0, 0.05) is 0 Å². The van der Waals surface area contributed by atoms with Crippen LogP contribution in [0.1, 0.15) is 25.3 Å². The Labute approximate surface area is 133 Å². The summed E-state index contributed by atoms with van der Waals surface area (Å²) in [5, 5.41) is 0.0577. The first-order chi connectivity index (χ1) is 11.1. The molecule has 3 rings (SSSR count). The van der Waals surface area contributed by atoms with Gasteiger partial charge in [-0.05, 0) is 53.1 Å². The van der Waals surface area contributed by atoms with Crippen LogP contribution in [0.15, 0.2) is 48.5 Å². The van der Waals surface area contributed by atoms with Gasteiger partial charge < -0.3 is 0 Å². The summed E-state index contributed by atoms with van der Waals surface area (Å²) in [6.07, 6.45) is 3.29. The number of benzene rings is 3. The van der Waals surface area contributed by atoms with Crippen LogP contribution >= 0.6 is 0 Å². The molecule has 0 aromatic heterocycles. The van der Waals surface area contributed by atoms with Gasteiger partial charge in [-0.15, -0.1) is 0 Å². The second-order valence-corrected chi connectivity index (χ2v) is 5.72. The molecule has 0 N–H and O–H groups in total. The molecule has 3 aromatic carbocycles. The predicted molar refractivity (Wildman–Crippen MR) is 87.9 cm³/mol. The van der Waals surface area contributed by atoms with Crippen molar-refractivity contribution in [2.45, 2.75) is 26.2 Å². The third-order valence-corrected chi connectivity index (χ3v) is 4.07. The van der Waals surface area contributed by atoms with Gasteiger partial charge in [0.05, 0.1) is 5.39 Å². The molecule has 0 heterocycles. The van der Waals surface area contributed by atoms with Gasteiger partial charge in [-0.25, -0.2) is 13.2 Å². The average Bonchev–Trinajstić information content (AvgIpc) is 2.56. The van der Waals surface area contributed by atoms with Crippen LogP contribution in [0.4, 0.5) is 13.2 Å². The number of halogens is 3. The zero-order valence-electron chi connectivity index (χ0n) is 12.9. The summed E-state index contributed by atoms with van der Waals surface area (Å²) in [6, 6.07) is 13.3. The predicted octanol–water partition coefficient (Wildman–Crippen LogP) is 6.27. The topological polar surface area (TPSA) is 0 Å². The molecule has 0 atom stereocenters. The number of hydrogen-bond acceptors (Lipinski definition) is 0. The number of unbranched alkanes of at least 4 members (excludes halogenated alkanes) is 1. The quantitative estimate of drug-likeness (QED) is 0.532. The van der Waals surface area contributed by atoms with Crippen molar-refractivity contribution in [3.05, 3.63) is 71.5 Å². The van der Waals surface area contributed by atoms with Crippen LogP contribution in [-0.2, 0) is 6.42 Å². The van der Waals surface area contributed by atoms with Gasteiger partial charge >= 0.3 is 0 Å². The summed E-state index contributed by atoms with van der Waals surface area (Å²) in [6.45, 7) is 2.15. The molecule has 0 nitrogen and oxygen atoms in total. The van der Waals surface area contributed by atoms with Gasteiger partial charge in [0.25, 0.3) is 0 Å². The monoisotopic (exact) mass is 314 g/mol. The lowest BCUT2D eigenvalue weighted by molar-refractivity contribution is 0.512. The van der Waals surface area contributed by atoms with Crippen LogP contribution in [0.25, 0.3) is 21.9 Å². The molecule has 3 heteroatoms. The minimum atomic E-state index is -1.14. The van der Waals surface area contributed by atoms with Crippen LogP contribution in [0.5, 0.6) is 0 Å². The zero-order valence-corrected chi connectivity index (χ0v) is 12.9. The lowest BCUT2D eigenvalue weighted by atomic mass is 9.98. The minimum Gasteiger partial charge on any atom is -0.206 e. The first kappa shape index (κ1) is 15.6. The first-order valence-electron chi connectivity index (χ1n) is 7.76. The van der Waals surface area contributed by atoms with Gasteiger partial charge in [-0.3, -0.25) is 0 Å². The molecule has 0 saturated carbocycles. The van der Waals surface area contributed by atoms with Gasteiger partial charge in [0.1, 0.15) is 5.82 Å². The fourth-order valence-corrected chi connectivity index (χ4v) is 2.76. The Bertz CT molecular complexity index is 836. The van der Waals surface area contributed by atoms with E-state index in [4.69, 9.17) is 0 Å². The highest BCUT2D eigenvalue weighted by Crippen LogP contribution is 2.30. The van der Waals surface area contributed by atoms with E-state index in [0.29, 0.717) is 10.9 Å². The second-order valence-electron chi connectivity index (χ2n) is 5.72. The van der Waals surface area contributed by atoms with E-state index in [2.05, 4.69) is 6.92 Å². The molecule has 0 aliphatic carbocycles. The summed E-state index contributed by atoms with van der Waals surface area (Å²) in [7, 11) is 0. The van der Waals surface area contributed by atoms with Crippen molar-refractivity contribution in [3.8, 4) is 11.1 Å². The Balaban J connectivity index is 2.02. The molecule has 0 aliphatic heterocycles. The fourth-order valence-electron chi connectivity index (χ4n) is 2.76. The normalized spacial score (nSPS) is 11.1. The highest BCUT2D eigenvalue weighted by atomic mass is 19.2. The maximum atomic E-state index is 14.2. The van der Waals surface area contributed by atoms with Crippen LogP contribution in [0.2, 0.25) is 0 Å². The highest BCUT2D eigenvalue weighted by molar-refractivity contribution is 5.88. The summed E-state index contributed by atoms with van der Waals surface area (Å²) >= 11 is 0. The van der Waals surface area contributed by atoms with Gasteiger partial charge in [-0.1, -0.05) is 43.7 Å². The fraction of sp³-hybridized carbons (Fsp3) is 0.200. The molecule has 0 radical (unpaired) electrons. The van der Waals surface area contributed by atoms with Crippen LogP contribution in [-0.4, -0.2) is 0 Å². The second kappa shape index (κ2) is 6.45. The van der Waals surface area contributed by atoms with Crippen molar-refractivity contribution in [1.29, 1.82) is 0 Å². The average molecular weight is 314 g/mol. The molecule has 118 valence electrons. The molecule has 0 bridgehead atoms. The molecular formula is C20H17F3. The Morgan fingerprint density at radius 2 is 1.52 bits per heavy atom. The third-order valence-electron chi connectivity index (χ3n) is 4.07. The minimum absolute atomic E-state index is 0.298. The number of fused-ring (bicyclic) bond motifs is 1. The van der Waals surface area contributed by atoms with Gasteiger partial charge in [0.2, 0.25) is 0 Å². The third kappa shape index (κ3) is 3.09. The first-order valence-corrected chi connectivity index (χ1v) is 7.76. The largest absolute Gasteiger partial charge is 0.206 e. The molecule has 0 fully saturated rings. The van der Waals surface area contributed by atoms with Crippen LogP contribution in [0, 0.1) is 17.5 Å². The SMILES string of the molecule is CCCCc1ccc(-c2cc(F)c3c(F)c(F)ccc3c2)cc1. The number of rotatable bonds is 4. The molecule has 0 unspecified atom stereocenters. The van der Waals surface area contributed by atoms with Gasteiger partial charge in [0.15, 0.2) is 11.6 Å². The van der Waals surface area contributed by atoms with E-state index in [0.717, 1.165) is 30.9 Å². The zero-order chi connectivity index (χ0) is 16.4. The Hall–Kier alpha value is -2.29. The Morgan fingerprint density at radius 3 is 2.22 bits per heavy atom. The van der Waals surface area contributed by atoms with E-state index in [9.17, 15) is 13.2 Å². The van der Waals surface area contributed by atoms with E-state index < -0.39 is 17.5 Å².